The molecule has 5 heteroatoms. The van der Waals surface area contributed by atoms with E-state index < -0.39 is 0 Å². The molecule has 1 aromatic heterocycles. The zero-order valence-electron chi connectivity index (χ0n) is 14.1. The molecule has 0 aliphatic rings. The molecule has 0 unspecified atom stereocenters. The van der Waals surface area contributed by atoms with E-state index in [9.17, 15) is 0 Å². The van der Waals surface area contributed by atoms with Crippen molar-refractivity contribution in [1.82, 2.24) is 4.98 Å². The molecule has 27 heavy (non-hydrogen) atoms. The highest BCUT2D eigenvalue weighted by Gasteiger charge is 2.08. The molecule has 0 atom stereocenters. The quantitative estimate of drug-likeness (QED) is 0.416. The van der Waals surface area contributed by atoms with Gasteiger partial charge in [0.1, 0.15) is 5.01 Å². The molecule has 1 heterocycles. The summed E-state index contributed by atoms with van der Waals surface area (Å²) in [4.78, 5) is 21.0. The highest BCUT2D eigenvalue weighted by molar-refractivity contribution is 7.13. The highest BCUT2D eigenvalue weighted by atomic mass is 35.5. The van der Waals surface area contributed by atoms with E-state index in [2.05, 4.69) is 41.8 Å². The normalized spacial score (nSPS) is 9.81. The number of aromatic nitrogens is 1. The first-order valence-electron chi connectivity index (χ1n) is 8.08. The predicted molar refractivity (Wildman–Crippen MR) is 108 cm³/mol. The van der Waals surface area contributed by atoms with E-state index in [0.29, 0.717) is 0 Å². The average molecular weight is 392 g/mol. The summed E-state index contributed by atoms with van der Waals surface area (Å²) in [6.07, 6.45) is 0.250. The van der Waals surface area contributed by atoms with Gasteiger partial charge in [0, 0.05) is 27.1 Å². The number of hydrogen-bond donors (Lipinski definition) is 0. The Morgan fingerprint density at radius 1 is 0.778 bits per heavy atom. The van der Waals surface area contributed by atoms with Gasteiger partial charge < -0.3 is 0 Å². The first-order chi connectivity index (χ1) is 13.2. The fraction of sp³-hybridized carbons (Fsp3) is 0. The molecular weight excluding hydrogens is 378 g/mol. The maximum absolute atomic E-state index is 8.12. The number of nitrogens with zero attached hydrogens (tertiary/aromatic N) is 1. The molecule has 0 fully saturated rings. The van der Waals surface area contributed by atoms with Crippen LogP contribution in [0.3, 0.4) is 0 Å². The van der Waals surface area contributed by atoms with Gasteiger partial charge in [0.15, 0.2) is 0 Å². The fourth-order valence-corrected chi connectivity index (χ4v) is 3.74. The van der Waals surface area contributed by atoms with Crippen LogP contribution in [0.1, 0.15) is 0 Å². The Hall–Kier alpha value is -3.04. The zero-order chi connectivity index (χ0) is 19.1. The molecular formula is C22H14ClNO2S. The summed E-state index contributed by atoms with van der Waals surface area (Å²) in [6, 6.07) is 26.5. The Morgan fingerprint density at radius 3 is 2.15 bits per heavy atom. The summed E-state index contributed by atoms with van der Waals surface area (Å²) in [5, 5.41) is 3.90. The lowest BCUT2D eigenvalue weighted by molar-refractivity contribution is -0.191. The number of hydrogen-bond acceptors (Lipinski definition) is 4. The molecule has 0 aliphatic heterocycles. The Labute approximate surface area is 165 Å². The number of carbonyl (C=O) groups excluding carboxylic acids is 2. The van der Waals surface area contributed by atoms with Crippen LogP contribution in [-0.4, -0.2) is 11.1 Å². The van der Waals surface area contributed by atoms with Gasteiger partial charge in [-0.15, -0.1) is 11.3 Å². The van der Waals surface area contributed by atoms with Crippen molar-refractivity contribution in [1.29, 1.82) is 0 Å². The van der Waals surface area contributed by atoms with Crippen LogP contribution in [0.25, 0.3) is 33.0 Å². The fourth-order valence-electron chi connectivity index (χ4n) is 2.66. The third-order valence-corrected chi connectivity index (χ3v) is 5.09. The molecule has 0 bridgehead atoms. The molecule has 3 nitrogen and oxygen atoms in total. The average Bonchev–Trinajstić information content (AvgIpc) is 3.20. The Morgan fingerprint density at radius 2 is 1.41 bits per heavy atom. The Bertz CT molecular complexity index is 1070. The van der Waals surface area contributed by atoms with Gasteiger partial charge in [-0.25, -0.2) is 4.98 Å². The van der Waals surface area contributed by atoms with E-state index in [1.165, 1.54) is 0 Å². The maximum Gasteiger partial charge on any atom is 0.373 e. The van der Waals surface area contributed by atoms with Gasteiger partial charge in [-0.05, 0) is 17.7 Å². The van der Waals surface area contributed by atoms with Crippen molar-refractivity contribution in [2.75, 3.05) is 0 Å². The molecule has 0 amide bonds. The smallest absolute Gasteiger partial charge is 0.236 e. The lowest BCUT2D eigenvalue weighted by Gasteiger charge is -2.06. The summed E-state index contributed by atoms with van der Waals surface area (Å²) in [5.74, 6) is 0. The second kappa shape index (κ2) is 9.06. The van der Waals surface area contributed by atoms with Crippen molar-refractivity contribution >= 4 is 29.1 Å². The van der Waals surface area contributed by atoms with Gasteiger partial charge in [0.05, 0.1) is 5.69 Å². The van der Waals surface area contributed by atoms with Gasteiger partial charge >= 0.3 is 6.15 Å². The monoisotopic (exact) mass is 391 g/mol. The predicted octanol–water partition coefficient (Wildman–Crippen LogP) is 6.21. The Kier molecular flexibility index (Phi) is 6.29. The van der Waals surface area contributed by atoms with E-state index in [-0.39, 0.29) is 6.15 Å². The van der Waals surface area contributed by atoms with Crippen LogP contribution in [0, 0.1) is 0 Å². The molecule has 132 valence electrons. The van der Waals surface area contributed by atoms with Crippen molar-refractivity contribution in [3.8, 4) is 33.0 Å². The summed E-state index contributed by atoms with van der Waals surface area (Å²) < 4.78 is 0. The van der Waals surface area contributed by atoms with Crippen LogP contribution in [0.4, 0.5) is 0 Å². The van der Waals surface area contributed by atoms with Crippen molar-refractivity contribution in [3.63, 3.8) is 0 Å². The number of thiazole rings is 1. The molecule has 0 aliphatic carbocycles. The molecule has 0 saturated heterocycles. The van der Waals surface area contributed by atoms with Gasteiger partial charge in [0.2, 0.25) is 0 Å². The first-order valence-corrected chi connectivity index (χ1v) is 9.34. The van der Waals surface area contributed by atoms with Gasteiger partial charge in [0.25, 0.3) is 0 Å². The SMILES string of the molecule is Clc1ccccc1-c1cccc(-c2csc(-c3ccccc3)n2)c1.O=C=O. The van der Waals surface area contributed by atoms with Crippen molar-refractivity contribution < 1.29 is 9.59 Å². The van der Waals surface area contributed by atoms with Crippen LogP contribution >= 0.6 is 22.9 Å². The standard InChI is InChI=1S/C21H14ClNS.CO2/c22-19-12-5-4-11-18(19)16-9-6-10-17(13-16)20-14-24-21(23-20)15-7-2-1-3-8-15;2-1-3/h1-14H;. The number of halogens is 1. The largest absolute Gasteiger partial charge is 0.373 e. The first kappa shape index (κ1) is 18.7. The molecule has 0 radical (unpaired) electrons. The zero-order valence-corrected chi connectivity index (χ0v) is 15.7. The van der Waals surface area contributed by atoms with Crippen molar-refractivity contribution in [2.24, 2.45) is 0 Å². The van der Waals surface area contributed by atoms with Crippen molar-refractivity contribution in [2.45, 2.75) is 0 Å². The molecule has 0 N–H and O–H groups in total. The van der Waals surface area contributed by atoms with E-state index in [1.807, 2.05) is 42.5 Å². The molecule has 0 saturated carbocycles. The van der Waals surface area contributed by atoms with E-state index >= 15 is 0 Å². The third-order valence-electron chi connectivity index (χ3n) is 3.87. The second-order valence-corrected chi connectivity index (χ2v) is 6.81. The molecule has 4 rings (SSSR count). The van der Waals surface area contributed by atoms with Gasteiger partial charge in [-0.2, -0.15) is 9.59 Å². The minimum absolute atomic E-state index is 0.250. The minimum Gasteiger partial charge on any atom is -0.236 e. The van der Waals surface area contributed by atoms with Crippen LogP contribution in [0.5, 0.6) is 0 Å². The van der Waals surface area contributed by atoms with E-state index in [0.717, 1.165) is 38.0 Å². The highest BCUT2D eigenvalue weighted by Crippen LogP contribution is 2.33. The van der Waals surface area contributed by atoms with Gasteiger partial charge in [-0.3, -0.25) is 0 Å². The maximum atomic E-state index is 8.12. The lowest BCUT2D eigenvalue weighted by atomic mass is 10.0. The number of benzene rings is 3. The van der Waals surface area contributed by atoms with Crippen LogP contribution < -0.4 is 0 Å². The van der Waals surface area contributed by atoms with Crippen LogP contribution in [0.2, 0.25) is 5.02 Å². The molecule has 3 aromatic carbocycles. The lowest BCUT2D eigenvalue weighted by Crippen LogP contribution is -1.83. The van der Waals surface area contributed by atoms with Gasteiger partial charge in [-0.1, -0.05) is 78.3 Å². The topological polar surface area (TPSA) is 47.0 Å². The summed E-state index contributed by atoms with van der Waals surface area (Å²) in [5.41, 5.74) is 5.39. The summed E-state index contributed by atoms with van der Waals surface area (Å²) in [6.45, 7) is 0. The Balaban J connectivity index is 0.000000659. The number of rotatable bonds is 3. The van der Waals surface area contributed by atoms with Crippen molar-refractivity contribution in [3.05, 3.63) is 89.3 Å². The van der Waals surface area contributed by atoms with E-state index in [1.54, 1.807) is 11.3 Å². The van der Waals surface area contributed by atoms with Crippen LogP contribution in [0.15, 0.2) is 84.2 Å². The summed E-state index contributed by atoms with van der Waals surface area (Å²) >= 11 is 7.99. The third kappa shape index (κ3) is 4.57. The molecule has 4 aromatic rings. The second-order valence-electron chi connectivity index (χ2n) is 5.55. The molecule has 0 spiro atoms. The van der Waals surface area contributed by atoms with E-state index in [4.69, 9.17) is 26.2 Å². The van der Waals surface area contributed by atoms with Crippen LogP contribution in [-0.2, 0) is 9.59 Å². The summed E-state index contributed by atoms with van der Waals surface area (Å²) in [7, 11) is 0. The minimum atomic E-state index is 0.250.